The number of halogens is 2. The molecular weight excluding hydrogens is 365 g/mol. The van der Waals surface area contributed by atoms with Crippen LogP contribution in [-0.2, 0) is 19.4 Å². The van der Waals surface area contributed by atoms with Gasteiger partial charge in [0.15, 0.2) is 16.4 Å². The van der Waals surface area contributed by atoms with Gasteiger partial charge in [0.2, 0.25) is 0 Å². The minimum atomic E-state index is -3.14. The molecule has 1 atom stereocenters. The van der Waals surface area contributed by atoms with Gasteiger partial charge in [0, 0.05) is 5.02 Å². The fourth-order valence-corrected chi connectivity index (χ4v) is 4.80. The average molecular weight is 380 g/mol. The van der Waals surface area contributed by atoms with E-state index in [0.717, 1.165) is 0 Å². The third kappa shape index (κ3) is 4.83. The first-order valence-electron chi connectivity index (χ1n) is 6.74. The minimum absolute atomic E-state index is 0.0295. The van der Waals surface area contributed by atoms with E-state index in [9.17, 15) is 18.0 Å². The molecule has 2 rings (SSSR count). The SMILES string of the molecule is C[C@]1(NC(=O)COC(=O)c2cc(Cl)ccc2Cl)CCS(=O)(=O)C1. The maximum Gasteiger partial charge on any atom is 0.340 e. The van der Waals surface area contributed by atoms with Crippen LogP contribution >= 0.6 is 23.2 Å². The lowest BCUT2D eigenvalue weighted by Gasteiger charge is -2.23. The molecule has 1 aliphatic rings. The number of hydrogen-bond acceptors (Lipinski definition) is 5. The Morgan fingerprint density at radius 2 is 2.04 bits per heavy atom. The Labute approximate surface area is 144 Å². The largest absolute Gasteiger partial charge is 0.452 e. The molecule has 0 aromatic heterocycles. The van der Waals surface area contributed by atoms with E-state index in [1.165, 1.54) is 18.2 Å². The van der Waals surface area contributed by atoms with E-state index in [4.69, 9.17) is 27.9 Å². The summed E-state index contributed by atoms with van der Waals surface area (Å²) in [7, 11) is -3.14. The van der Waals surface area contributed by atoms with Gasteiger partial charge >= 0.3 is 5.97 Å². The van der Waals surface area contributed by atoms with Crippen LogP contribution in [0.25, 0.3) is 0 Å². The smallest absolute Gasteiger partial charge is 0.340 e. The second-order valence-corrected chi connectivity index (χ2v) is 8.68. The number of carbonyl (C=O) groups excluding carboxylic acids is 2. The number of amides is 1. The van der Waals surface area contributed by atoms with E-state index >= 15 is 0 Å². The van der Waals surface area contributed by atoms with Crippen LogP contribution in [0.3, 0.4) is 0 Å². The molecule has 1 aromatic carbocycles. The average Bonchev–Trinajstić information content (AvgIpc) is 2.72. The molecule has 1 fully saturated rings. The molecule has 6 nitrogen and oxygen atoms in total. The highest BCUT2D eigenvalue weighted by molar-refractivity contribution is 7.91. The van der Waals surface area contributed by atoms with Crippen molar-refractivity contribution in [3.8, 4) is 0 Å². The minimum Gasteiger partial charge on any atom is -0.452 e. The Hall–Kier alpha value is -1.31. The van der Waals surface area contributed by atoms with Crippen LogP contribution in [0.15, 0.2) is 18.2 Å². The zero-order valence-corrected chi connectivity index (χ0v) is 14.6. The van der Waals surface area contributed by atoms with Crippen LogP contribution < -0.4 is 5.32 Å². The molecule has 1 saturated heterocycles. The molecule has 0 spiro atoms. The molecule has 0 unspecified atom stereocenters. The highest BCUT2D eigenvalue weighted by Gasteiger charge is 2.39. The Balaban J connectivity index is 1.92. The highest BCUT2D eigenvalue weighted by Crippen LogP contribution is 2.23. The van der Waals surface area contributed by atoms with Crippen molar-refractivity contribution < 1.29 is 22.7 Å². The van der Waals surface area contributed by atoms with E-state index in [0.29, 0.717) is 11.4 Å². The monoisotopic (exact) mass is 379 g/mol. The third-order valence-electron chi connectivity index (χ3n) is 3.43. The summed E-state index contributed by atoms with van der Waals surface area (Å²) in [6.07, 6.45) is 0.329. The Morgan fingerprint density at radius 3 is 2.65 bits per heavy atom. The normalized spacial score (nSPS) is 22.6. The zero-order valence-electron chi connectivity index (χ0n) is 12.3. The van der Waals surface area contributed by atoms with Gasteiger partial charge in [-0.1, -0.05) is 23.2 Å². The van der Waals surface area contributed by atoms with Crippen molar-refractivity contribution in [2.75, 3.05) is 18.1 Å². The maximum atomic E-state index is 11.9. The van der Waals surface area contributed by atoms with Crippen molar-refractivity contribution in [3.63, 3.8) is 0 Å². The third-order valence-corrected chi connectivity index (χ3v) is 5.89. The van der Waals surface area contributed by atoms with Gasteiger partial charge < -0.3 is 10.1 Å². The topological polar surface area (TPSA) is 89.5 Å². The first-order chi connectivity index (χ1) is 10.6. The number of benzene rings is 1. The number of sulfone groups is 1. The van der Waals surface area contributed by atoms with Crippen molar-refractivity contribution in [1.29, 1.82) is 0 Å². The van der Waals surface area contributed by atoms with Crippen LogP contribution in [0, 0.1) is 0 Å². The summed E-state index contributed by atoms with van der Waals surface area (Å²) in [5.74, 6) is -1.45. The molecule has 9 heteroatoms. The van der Waals surface area contributed by atoms with E-state index in [-0.39, 0.29) is 22.1 Å². The van der Waals surface area contributed by atoms with Crippen molar-refractivity contribution in [1.82, 2.24) is 5.32 Å². The molecular formula is C14H15Cl2NO5S. The number of ether oxygens (including phenoxy) is 1. The standard InChI is InChI=1S/C14H15Cl2NO5S/c1-14(4-5-23(20,21)8-14)17-12(18)7-22-13(19)10-6-9(15)2-3-11(10)16/h2-3,6H,4-5,7-8H2,1H3,(H,17,18)/t14-/m0/s1. The molecule has 126 valence electrons. The van der Waals surface area contributed by atoms with Crippen LogP contribution in [0.1, 0.15) is 23.7 Å². The van der Waals surface area contributed by atoms with E-state index in [2.05, 4.69) is 5.32 Å². The molecule has 1 aromatic rings. The fraction of sp³-hybridized carbons (Fsp3) is 0.429. The van der Waals surface area contributed by atoms with Crippen LogP contribution in [0.2, 0.25) is 10.0 Å². The van der Waals surface area contributed by atoms with Gasteiger partial charge in [0.1, 0.15) is 0 Å². The summed E-state index contributed by atoms with van der Waals surface area (Å²) in [5, 5.41) is 3.06. The maximum absolute atomic E-state index is 11.9. The Kier molecular flexibility index (Phi) is 5.23. The summed E-state index contributed by atoms with van der Waals surface area (Å²) >= 11 is 11.7. The molecule has 1 heterocycles. The second-order valence-electron chi connectivity index (χ2n) is 5.65. The summed E-state index contributed by atoms with van der Waals surface area (Å²) in [5.41, 5.74) is -0.780. The Bertz CT molecular complexity index is 750. The van der Waals surface area contributed by atoms with Gasteiger partial charge in [0.05, 0.1) is 27.6 Å². The summed E-state index contributed by atoms with van der Waals surface area (Å²) < 4.78 is 27.9. The van der Waals surface area contributed by atoms with E-state index in [1.54, 1.807) is 6.92 Å². The highest BCUT2D eigenvalue weighted by atomic mass is 35.5. The molecule has 0 aliphatic carbocycles. The van der Waals surface area contributed by atoms with Crippen molar-refractivity contribution >= 4 is 44.9 Å². The molecule has 0 saturated carbocycles. The van der Waals surface area contributed by atoms with E-state index in [1.807, 2.05) is 0 Å². The Morgan fingerprint density at radius 1 is 1.35 bits per heavy atom. The first-order valence-corrected chi connectivity index (χ1v) is 9.32. The second kappa shape index (κ2) is 6.67. The summed E-state index contributed by atoms with van der Waals surface area (Å²) in [6, 6.07) is 4.31. The van der Waals surface area contributed by atoms with E-state index < -0.39 is 33.9 Å². The lowest BCUT2D eigenvalue weighted by atomic mass is 10.0. The molecule has 23 heavy (non-hydrogen) atoms. The summed E-state index contributed by atoms with van der Waals surface area (Å²) in [4.78, 5) is 23.8. The fourth-order valence-electron chi connectivity index (χ4n) is 2.34. The number of nitrogens with one attached hydrogen (secondary N) is 1. The molecule has 0 bridgehead atoms. The van der Waals surface area contributed by atoms with Crippen LogP contribution in [-0.4, -0.2) is 43.9 Å². The van der Waals surface area contributed by atoms with Gasteiger partial charge in [-0.15, -0.1) is 0 Å². The van der Waals surface area contributed by atoms with Crippen LogP contribution in [0.5, 0.6) is 0 Å². The molecule has 1 amide bonds. The first kappa shape index (κ1) is 18.0. The van der Waals surface area contributed by atoms with Crippen molar-refractivity contribution in [2.24, 2.45) is 0 Å². The molecule has 0 radical (unpaired) electrons. The van der Waals surface area contributed by atoms with Crippen molar-refractivity contribution in [2.45, 2.75) is 18.9 Å². The predicted octanol–water partition coefficient (Wildman–Crippen LogP) is 1.84. The van der Waals surface area contributed by atoms with Crippen LogP contribution in [0.4, 0.5) is 0 Å². The quantitative estimate of drug-likeness (QED) is 0.806. The summed E-state index contributed by atoms with van der Waals surface area (Å²) in [6.45, 7) is 1.11. The lowest BCUT2D eigenvalue weighted by molar-refractivity contribution is -0.125. The zero-order chi connectivity index (χ0) is 17.3. The number of carbonyl (C=O) groups is 2. The van der Waals surface area contributed by atoms with Crippen molar-refractivity contribution in [3.05, 3.63) is 33.8 Å². The number of hydrogen-bond donors (Lipinski definition) is 1. The van der Waals surface area contributed by atoms with Gasteiger partial charge in [-0.05, 0) is 31.5 Å². The lowest BCUT2D eigenvalue weighted by Crippen LogP contribution is -2.48. The predicted molar refractivity (Wildman–Crippen MR) is 86.6 cm³/mol. The van der Waals surface area contributed by atoms with Gasteiger partial charge in [0.25, 0.3) is 5.91 Å². The van der Waals surface area contributed by atoms with Gasteiger partial charge in [-0.3, -0.25) is 4.79 Å². The van der Waals surface area contributed by atoms with Gasteiger partial charge in [-0.2, -0.15) is 0 Å². The number of rotatable bonds is 4. The molecule has 1 aliphatic heterocycles. The van der Waals surface area contributed by atoms with Gasteiger partial charge in [-0.25, -0.2) is 13.2 Å². The number of esters is 1. The molecule has 1 N–H and O–H groups in total.